The van der Waals surface area contributed by atoms with Gasteiger partial charge in [0.2, 0.25) is 5.91 Å². The predicted octanol–water partition coefficient (Wildman–Crippen LogP) is 1.11. The van der Waals surface area contributed by atoms with Gasteiger partial charge in [-0.2, -0.15) is 0 Å². The van der Waals surface area contributed by atoms with Crippen molar-refractivity contribution in [3.8, 4) is 0 Å². The second kappa shape index (κ2) is 6.25. The number of hydrogen-bond donors (Lipinski definition) is 2. The van der Waals surface area contributed by atoms with Crippen LogP contribution in [0.4, 0.5) is 5.69 Å². The summed E-state index contributed by atoms with van der Waals surface area (Å²) >= 11 is 0. The molecule has 0 aromatic heterocycles. The summed E-state index contributed by atoms with van der Waals surface area (Å²) in [6.45, 7) is 4.72. The zero-order valence-electron chi connectivity index (χ0n) is 10.7. The number of likely N-dealkylation sites (N-methyl/N-ethyl adjacent to an activating group) is 1. The van der Waals surface area contributed by atoms with Crippen molar-refractivity contribution in [3.05, 3.63) is 29.8 Å². The van der Waals surface area contributed by atoms with Crippen LogP contribution in [-0.2, 0) is 11.3 Å². The fourth-order valence-corrected chi connectivity index (χ4v) is 1.72. The van der Waals surface area contributed by atoms with E-state index >= 15 is 0 Å². The van der Waals surface area contributed by atoms with Gasteiger partial charge in [-0.25, -0.2) is 0 Å². The summed E-state index contributed by atoms with van der Waals surface area (Å²) in [6, 6.07) is 8.02. The third-order valence-electron chi connectivity index (χ3n) is 2.45. The molecule has 0 unspecified atom stereocenters. The molecule has 94 valence electrons. The first kappa shape index (κ1) is 13.5. The molecule has 17 heavy (non-hydrogen) atoms. The highest BCUT2D eigenvalue weighted by atomic mass is 16.2. The van der Waals surface area contributed by atoms with E-state index in [1.165, 1.54) is 0 Å². The van der Waals surface area contributed by atoms with Crippen molar-refractivity contribution in [3.63, 3.8) is 0 Å². The van der Waals surface area contributed by atoms with E-state index < -0.39 is 0 Å². The standard InChI is InChI=1S/C13H21N3O/c1-10(2)15-13(17)9-16(3)12-7-5-4-6-11(12)8-14/h4-7,10H,8-9,14H2,1-3H3,(H,15,17). The maximum atomic E-state index is 11.7. The molecule has 3 N–H and O–H groups in total. The van der Waals surface area contributed by atoms with Crippen LogP contribution >= 0.6 is 0 Å². The summed E-state index contributed by atoms with van der Waals surface area (Å²) in [5, 5.41) is 2.87. The Bertz CT molecular complexity index is 377. The molecule has 0 aliphatic carbocycles. The van der Waals surface area contributed by atoms with Crippen LogP contribution in [-0.4, -0.2) is 25.5 Å². The smallest absolute Gasteiger partial charge is 0.239 e. The molecule has 4 nitrogen and oxygen atoms in total. The number of hydrogen-bond acceptors (Lipinski definition) is 3. The van der Waals surface area contributed by atoms with Crippen molar-refractivity contribution in [1.29, 1.82) is 0 Å². The number of carbonyl (C=O) groups is 1. The maximum absolute atomic E-state index is 11.7. The highest BCUT2D eigenvalue weighted by molar-refractivity contribution is 5.81. The topological polar surface area (TPSA) is 58.4 Å². The molecular weight excluding hydrogens is 214 g/mol. The van der Waals surface area contributed by atoms with Crippen LogP contribution in [0.15, 0.2) is 24.3 Å². The molecule has 1 aromatic carbocycles. The van der Waals surface area contributed by atoms with Crippen LogP contribution in [0.2, 0.25) is 0 Å². The zero-order chi connectivity index (χ0) is 12.8. The quantitative estimate of drug-likeness (QED) is 0.803. The summed E-state index contributed by atoms with van der Waals surface area (Å²) in [7, 11) is 1.90. The number of nitrogens with one attached hydrogen (secondary N) is 1. The Kier molecular flexibility index (Phi) is 4.97. The van der Waals surface area contributed by atoms with E-state index in [0.29, 0.717) is 13.1 Å². The van der Waals surface area contributed by atoms with Gasteiger partial charge in [-0.1, -0.05) is 18.2 Å². The fourth-order valence-electron chi connectivity index (χ4n) is 1.72. The Hall–Kier alpha value is -1.55. The van der Waals surface area contributed by atoms with Crippen molar-refractivity contribution in [2.75, 3.05) is 18.5 Å². The predicted molar refractivity (Wildman–Crippen MR) is 70.9 cm³/mol. The van der Waals surface area contributed by atoms with Crippen molar-refractivity contribution in [2.45, 2.75) is 26.4 Å². The van der Waals surface area contributed by atoms with Gasteiger partial charge in [-0.15, -0.1) is 0 Å². The molecule has 0 saturated heterocycles. The molecule has 0 spiro atoms. The van der Waals surface area contributed by atoms with Crippen molar-refractivity contribution >= 4 is 11.6 Å². The summed E-state index contributed by atoms with van der Waals surface area (Å²) in [4.78, 5) is 13.6. The Morgan fingerprint density at radius 3 is 2.65 bits per heavy atom. The molecule has 0 atom stereocenters. The molecule has 1 aromatic rings. The largest absolute Gasteiger partial charge is 0.365 e. The van der Waals surface area contributed by atoms with Gasteiger partial charge < -0.3 is 16.0 Å². The third-order valence-corrected chi connectivity index (χ3v) is 2.45. The molecule has 0 saturated carbocycles. The zero-order valence-corrected chi connectivity index (χ0v) is 10.7. The van der Waals surface area contributed by atoms with E-state index in [4.69, 9.17) is 5.73 Å². The number of para-hydroxylation sites is 1. The summed E-state index contributed by atoms with van der Waals surface area (Å²) in [5.41, 5.74) is 7.73. The van der Waals surface area contributed by atoms with E-state index in [1.807, 2.05) is 50.1 Å². The summed E-state index contributed by atoms with van der Waals surface area (Å²) in [5.74, 6) is 0.0225. The van der Waals surface area contributed by atoms with Crippen molar-refractivity contribution in [2.24, 2.45) is 5.73 Å². The Labute approximate surface area is 103 Å². The number of rotatable bonds is 5. The van der Waals surface area contributed by atoms with Gasteiger partial charge in [0, 0.05) is 25.3 Å². The number of nitrogens with two attached hydrogens (primary N) is 1. The van der Waals surface area contributed by atoms with Crippen LogP contribution in [0.3, 0.4) is 0 Å². The molecule has 4 heteroatoms. The molecule has 0 aliphatic rings. The minimum atomic E-state index is 0.0225. The molecule has 1 amide bonds. The maximum Gasteiger partial charge on any atom is 0.239 e. The normalized spacial score (nSPS) is 10.4. The lowest BCUT2D eigenvalue weighted by molar-refractivity contribution is -0.120. The van der Waals surface area contributed by atoms with Crippen LogP contribution in [0, 0.1) is 0 Å². The Balaban J connectivity index is 2.69. The first-order valence-electron chi connectivity index (χ1n) is 5.83. The van der Waals surface area contributed by atoms with E-state index in [1.54, 1.807) is 0 Å². The molecule has 0 aliphatic heterocycles. The minimum Gasteiger partial charge on any atom is -0.365 e. The summed E-state index contributed by atoms with van der Waals surface area (Å²) < 4.78 is 0. The first-order valence-corrected chi connectivity index (χ1v) is 5.83. The van der Waals surface area contributed by atoms with E-state index in [0.717, 1.165) is 11.3 Å². The van der Waals surface area contributed by atoms with Gasteiger partial charge in [0.05, 0.1) is 6.54 Å². The second-order valence-electron chi connectivity index (χ2n) is 4.41. The summed E-state index contributed by atoms with van der Waals surface area (Å²) in [6.07, 6.45) is 0. The Morgan fingerprint density at radius 2 is 2.06 bits per heavy atom. The number of anilines is 1. The van der Waals surface area contributed by atoms with E-state index in [-0.39, 0.29) is 11.9 Å². The third kappa shape index (κ3) is 4.07. The second-order valence-corrected chi connectivity index (χ2v) is 4.41. The number of carbonyl (C=O) groups excluding carboxylic acids is 1. The van der Waals surface area contributed by atoms with Crippen LogP contribution in [0.5, 0.6) is 0 Å². The van der Waals surface area contributed by atoms with Crippen LogP contribution in [0.25, 0.3) is 0 Å². The van der Waals surface area contributed by atoms with Gasteiger partial charge >= 0.3 is 0 Å². The monoisotopic (exact) mass is 235 g/mol. The van der Waals surface area contributed by atoms with Crippen molar-refractivity contribution in [1.82, 2.24) is 5.32 Å². The van der Waals surface area contributed by atoms with Gasteiger partial charge in [0.25, 0.3) is 0 Å². The van der Waals surface area contributed by atoms with Gasteiger partial charge in [0.1, 0.15) is 0 Å². The highest BCUT2D eigenvalue weighted by Gasteiger charge is 2.10. The lowest BCUT2D eigenvalue weighted by atomic mass is 10.1. The molecule has 1 rings (SSSR count). The van der Waals surface area contributed by atoms with Crippen LogP contribution < -0.4 is 16.0 Å². The Morgan fingerprint density at radius 1 is 1.41 bits per heavy atom. The lowest BCUT2D eigenvalue weighted by Gasteiger charge is -2.22. The van der Waals surface area contributed by atoms with Gasteiger partial charge in [0.15, 0.2) is 0 Å². The number of nitrogens with zero attached hydrogens (tertiary/aromatic N) is 1. The van der Waals surface area contributed by atoms with Crippen molar-refractivity contribution < 1.29 is 4.79 Å². The van der Waals surface area contributed by atoms with E-state index in [2.05, 4.69) is 5.32 Å². The SMILES string of the molecule is CC(C)NC(=O)CN(C)c1ccccc1CN. The number of benzene rings is 1. The fraction of sp³-hybridized carbons (Fsp3) is 0.462. The molecular formula is C13H21N3O. The minimum absolute atomic E-state index is 0.0225. The highest BCUT2D eigenvalue weighted by Crippen LogP contribution is 2.17. The molecule has 0 heterocycles. The molecule has 0 bridgehead atoms. The molecule has 0 radical (unpaired) electrons. The van der Waals surface area contributed by atoms with E-state index in [9.17, 15) is 4.79 Å². The first-order chi connectivity index (χ1) is 8.04. The molecule has 0 fully saturated rings. The average Bonchev–Trinajstić information content (AvgIpc) is 2.27. The average molecular weight is 235 g/mol. The number of amides is 1. The van der Waals surface area contributed by atoms with Gasteiger partial charge in [-0.3, -0.25) is 4.79 Å². The lowest BCUT2D eigenvalue weighted by Crippen LogP contribution is -2.38. The van der Waals surface area contributed by atoms with Crippen LogP contribution in [0.1, 0.15) is 19.4 Å². The van der Waals surface area contributed by atoms with Gasteiger partial charge in [-0.05, 0) is 25.5 Å².